The van der Waals surface area contributed by atoms with Crippen molar-refractivity contribution in [1.29, 1.82) is 0 Å². The first-order valence-electron chi connectivity index (χ1n) is 8.36. The molecule has 0 radical (unpaired) electrons. The zero-order valence-electron chi connectivity index (χ0n) is 14.2. The van der Waals surface area contributed by atoms with Gasteiger partial charge in [0.05, 0.1) is 13.2 Å². The zero-order chi connectivity index (χ0) is 17.4. The third kappa shape index (κ3) is 2.60. The van der Waals surface area contributed by atoms with E-state index in [9.17, 15) is 4.79 Å². The minimum atomic E-state index is 0.0529. The number of carbonyl (C=O) groups excluding carboxylic acids is 1. The van der Waals surface area contributed by atoms with Crippen molar-refractivity contribution >= 4 is 16.8 Å². The zero-order valence-corrected chi connectivity index (χ0v) is 14.2. The van der Waals surface area contributed by atoms with E-state index in [1.54, 1.807) is 7.11 Å². The maximum atomic E-state index is 13.0. The Bertz CT molecular complexity index is 943. The van der Waals surface area contributed by atoms with Crippen LogP contribution < -0.4 is 4.74 Å². The fourth-order valence-electron chi connectivity index (χ4n) is 3.54. The lowest BCUT2D eigenvalue weighted by molar-refractivity contribution is 0.0676. The van der Waals surface area contributed by atoms with E-state index in [4.69, 9.17) is 4.74 Å². The number of amides is 1. The van der Waals surface area contributed by atoms with Gasteiger partial charge in [-0.2, -0.15) is 0 Å². The first kappa shape index (κ1) is 15.5. The van der Waals surface area contributed by atoms with Crippen LogP contribution in [0.4, 0.5) is 0 Å². The molecule has 0 aliphatic carbocycles. The van der Waals surface area contributed by atoms with E-state index in [-0.39, 0.29) is 11.9 Å². The van der Waals surface area contributed by atoms with Gasteiger partial charge in [0, 0.05) is 24.0 Å². The lowest BCUT2D eigenvalue weighted by atomic mass is 10.1. The quantitative estimate of drug-likeness (QED) is 0.676. The van der Waals surface area contributed by atoms with E-state index in [0.717, 1.165) is 22.2 Å². The van der Waals surface area contributed by atoms with E-state index in [0.29, 0.717) is 18.8 Å². The first-order chi connectivity index (χ1) is 12.2. The number of ether oxygens (including phenoxy) is 1. The van der Waals surface area contributed by atoms with Crippen LogP contribution in [0.2, 0.25) is 0 Å². The molecule has 1 aromatic heterocycles. The maximum Gasteiger partial charge on any atom is 0.270 e. The van der Waals surface area contributed by atoms with Gasteiger partial charge in [0.15, 0.2) is 0 Å². The topological polar surface area (TPSA) is 34.5 Å². The van der Waals surface area contributed by atoms with Crippen LogP contribution in [0, 0.1) is 0 Å². The molecule has 0 spiro atoms. The summed E-state index contributed by atoms with van der Waals surface area (Å²) in [5.74, 6) is 0.844. The molecule has 126 valence electrons. The monoisotopic (exact) mass is 332 g/mol. The number of rotatable bonds is 4. The van der Waals surface area contributed by atoms with Gasteiger partial charge in [-0.3, -0.25) is 4.79 Å². The van der Waals surface area contributed by atoms with Crippen molar-refractivity contribution in [3.05, 3.63) is 78.5 Å². The largest absolute Gasteiger partial charge is 0.497 e. The summed E-state index contributed by atoms with van der Waals surface area (Å²) in [6.07, 6.45) is 1.91. The predicted molar refractivity (Wildman–Crippen MR) is 98.9 cm³/mol. The number of hydrogen-bond donors (Lipinski definition) is 0. The summed E-state index contributed by atoms with van der Waals surface area (Å²) in [5, 5.41) is 1.01. The average molecular weight is 332 g/mol. The van der Waals surface area contributed by atoms with Crippen LogP contribution in [-0.2, 0) is 6.54 Å². The Morgan fingerprint density at radius 2 is 2.00 bits per heavy atom. The van der Waals surface area contributed by atoms with Crippen molar-refractivity contribution in [2.45, 2.75) is 12.6 Å². The Morgan fingerprint density at radius 1 is 1.20 bits per heavy atom. The van der Waals surface area contributed by atoms with Gasteiger partial charge in [-0.1, -0.05) is 36.4 Å². The summed E-state index contributed by atoms with van der Waals surface area (Å²) in [5.41, 5.74) is 2.87. The van der Waals surface area contributed by atoms with E-state index >= 15 is 0 Å². The van der Waals surface area contributed by atoms with Crippen LogP contribution in [0.5, 0.6) is 5.75 Å². The number of aromatic nitrogens is 1. The Balaban J connectivity index is 1.77. The van der Waals surface area contributed by atoms with Crippen molar-refractivity contribution in [1.82, 2.24) is 9.47 Å². The van der Waals surface area contributed by atoms with Crippen LogP contribution in [0.1, 0.15) is 22.1 Å². The first-order valence-corrected chi connectivity index (χ1v) is 8.36. The molecule has 2 heterocycles. The van der Waals surface area contributed by atoms with Crippen molar-refractivity contribution in [2.24, 2.45) is 0 Å². The van der Waals surface area contributed by atoms with E-state index < -0.39 is 0 Å². The lowest BCUT2D eigenvalue weighted by Crippen LogP contribution is -2.41. The SMILES string of the molecule is C=C[C@H]1CN(Cc2ccccc2)C(=O)c2cc3cc(OC)ccc3n21. The molecule has 2 aromatic carbocycles. The molecular formula is C21H20N2O2. The molecule has 1 amide bonds. The summed E-state index contributed by atoms with van der Waals surface area (Å²) >= 11 is 0. The van der Waals surface area contributed by atoms with Gasteiger partial charge in [-0.05, 0) is 29.8 Å². The normalized spacial score (nSPS) is 16.8. The van der Waals surface area contributed by atoms with Gasteiger partial charge in [-0.25, -0.2) is 0 Å². The number of methoxy groups -OCH3 is 1. The fraction of sp³-hybridized carbons (Fsp3) is 0.190. The standard InChI is InChI=1S/C21H20N2O2/c1-3-17-14-22(13-15-7-5-4-6-8-15)21(24)20-12-16-11-18(25-2)9-10-19(16)23(17)20/h3-12,17H,1,13-14H2,2H3/t17-/m0/s1. The van der Waals surface area contributed by atoms with Crippen molar-refractivity contribution in [3.8, 4) is 5.75 Å². The minimum Gasteiger partial charge on any atom is -0.497 e. The Labute approximate surface area is 146 Å². The van der Waals surface area contributed by atoms with Crippen LogP contribution >= 0.6 is 0 Å². The van der Waals surface area contributed by atoms with Crippen LogP contribution in [-0.4, -0.2) is 29.0 Å². The van der Waals surface area contributed by atoms with Gasteiger partial charge >= 0.3 is 0 Å². The van der Waals surface area contributed by atoms with Crippen LogP contribution in [0.25, 0.3) is 10.9 Å². The van der Waals surface area contributed by atoms with E-state index in [2.05, 4.69) is 11.1 Å². The highest BCUT2D eigenvalue weighted by Gasteiger charge is 2.31. The molecule has 0 N–H and O–H groups in total. The summed E-state index contributed by atoms with van der Waals surface area (Å²) in [7, 11) is 1.65. The number of carbonyl (C=O) groups is 1. The van der Waals surface area contributed by atoms with Gasteiger partial charge < -0.3 is 14.2 Å². The number of benzene rings is 2. The minimum absolute atomic E-state index is 0.0529. The van der Waals surface area contributed by atoms with Crippen molar-refractivity contribution < 1.29 is 9.53 Å². The molecule has 4 heteroatoms. The molecule has 3 aromatic rings. The third-order valence-corrected chi connectivity index (χ3v) is 4.78. The molecule has 0 fully saturated rings. The van der Waals surface area contributed by atoms with Gasteiger partial charge in [-0.15, -0.1) is 6.58 Å². The van der Waals surface area contributed by atoms with Crippen LogP contribution in [0.3, 0.4) is 0 Å². The molecule has 0 unspecified atom stereocenters. The van der Waals surface area contributed by atoms with Crippen molar-refractivity contribution in [3.63, 3.8) is 0 Å². The van der Waals surface area contributed by atoms with E-state index in [1.807, 2.05) is 65.6 Å². The number of hydrogen-bond acceptors (Lipinski definition) is 2. The van der Waals surface area contributed by atoms with E-state index in [1.165, 1.54) is 0 Å². The molecule has 0 bridgehead atoms. The Kier molecular flexibility index (Phi) is 3.80. The average Bonchev–Trinajstić information content (AvgIpc) is 3.04. The summed E-state index contributed by atoms with van der Waals surface area (Å²) in [4.78, 5) is 14.9. The highest BCUT2D eigenvalue weighted by atomic mass is 16.5. The predicted octanol–water partition coefficient (Wildman–Crippen LogP) is 4.03. The second-order valence-electron chi connectivity index (χ2n) is 6.30. The molecule has 1 aliphatic rings. The summed E-state index contributed by atoms with van der Waals surface area (Å²) in [6.45, 7) is 5.22. The number of fused-ring (bicyclic) bond motifs is 3. The maximum absolute atomic E-state index is 13.0. The lowest BCUT2D eigenvalue weighted by Gasteiger charge is -2.33. The second kappa shape index (κ2) is 6.13. The molecular weight excluding hydrogens is 312 g/mol. The van der Waals surface area contributed by atoms with Crippen LogP contribution in [0.15, 0.2) is 67.3 Å². The molecule has 1 aliphatic heterocycles. The summed E-state index contributed by atoms with van der Waals surface area (Å²) < 4.78 is 7.40. The molecule has 0 saturated heterocycles. The molecule has 25 heavy (non-hydrogen) atoms. The smallest absolute Gasteiger partial charge is 0.270 e. The highest BCUT2D eigenvalue weighted by Crippen LogP contribution is 2.32. The number of nitrogens with zero attached hydrogens (tertiary/aromatic N) is 2. The molecule has 4 nitrogen and oxygen atoms in total. The molecule has 1 atom stereocenters. The molecule has 0 saturated carbocycles. The molecule has 4 rings (SSSR count). The third-order valence-electron chi connectivity index (χ3n) is 4.78. The van der Waals surface area contributed by atoms with Gasteiger partial charge in [0.1, 0.15) is 11.4 Å². The Morgan fingerprint density at radius 3 is 2.72 bits per heavy atom. The van der Waals surface area contributed by atoms with Gasteiger partial charge in [0.2, 0.25) is 0 Å². The van der Waals surface area contributed by atoms with Gasteiger partial charge in [0.25, 0.3) is 5.91 Å². The Hall–Kier alpha value is -3.01. The highest BCUT2D eigenvalue weighted by molar-refractivity contribution is 6.00. The summed E-state index contributed by atoms with van der Waals surface area (Å²) in [6, 6.07) is 18.0. The van der Waals surface area contributed by atoms with Crippen molar-refractivity contribution in [2.75, 3.05) is 13.7 Å². The second-order valence-corrected chi connectivity index (χ2v) is 6.30. The fourth-order valence-corrected chi connectivity index (χ4v) is 3.54.